The third kappa shape index (κ3) is 6.00. The van der Waals surface area contributed by atoms with Crippen molar-refractivity contribution < 1.29 is 23.2 Å². The molecule has 0 spiro atoms. The third-order valence-corrected chi connectivity index (χ3v) is 12.2. The van der Waals surface area contributed by atoms with Crippen molar-refractivity contribution in [3.63, 3.8) is 0 Å². The molecule has 6 aliphatic rings. The van der Waals surface area contributed by atoms with Crippen LogP contribution < -0.4 is 16.0 Å². The predicted molar refractivity (Wildman–Crippen MR) is 172 cm³/mol. The zero-order chi connectivity index (χ0) is 33.0. The maximum Gasteiger partial charge on any atom is 0.320 e. The Bertz CT molecular complexity index is 1180. The van der Waals surface area contributed by atoms with Crippen LogP contribution in [0.1, 0.15) is 66.2 Å². The zero-order valence-electron chi connectivity index (χ0n) is 28.2. The number of carbonyl (C=O) groups excluding carboxylic acids is 3. The Morgan fingerprint density at radius 2 is 1.80 bits per heavy atom. The summed E-state index contributed by atoms with van der Waals surface area (Å²) in [6.07, 6.45) is 0.910. The number of hydrogen-bond donors (Lipinski definition) is 3. The summed E-state index contributed by atoms with van der Waals surface area (Å²) in [5.74, 6) is -0.846. The summed E-state index contributed by atoms with van der Waals surface area (Å²) in [6.45, 7) is 13.9. The number of piperazine rings is 1. The molecule has 0 aromatic heterocycles. The first-order valence-electron chi connectivity index (χ1n) is 17.7. The van der Waals surface area contributed by atoms with Crippen LogP contribution >= 0.6 is 0 Å². The summed E-state index contributed by atoms with van der Waals surface area (Å²) in [6, 6.07) is -1.82. The molecule has 12 heteroatoms. The van der Waals surface area contributed by atoms with Crippen LogP contribution in [0, 0.1) is 23.7 Å². The third-order valence-electron chi connectivity index (χ3n) is 12.2. The molecular weight excluding hydrogens is 592 g/mol. The molecule has 0 aromatic rings. The highest BCUT2D eigenvalue weighted by Crippen LogP contribution is 2.43. The Morgan fingerprint density at radius 3 is 2.52 bits per heavy atom. The van der Waals surface area contributed by atoms with Crippen LogP contribution in [0.5, 0.6) is 0 Å². The van der Waals surface area contributed by atoms with E-state index in [1.54, 1.807) is 4.90 Å². The second-order valence-electron chi connectivity index (χ2n) is 15.5. The average Bonchev–Trinajstić information content (AvgIpc) is 3.01. The van der Waals surface area contributed by atoms with Crippen LogP contribution in [-0.2, 0) is 9.59 Å². The normalized spacial score (nSPS) is 44.4. The molecule has 2 bridgehead atoms. The molecule has 3 amide bonds. The van der Waals surface area contributed by atoms with Crippen LogP contribution in [-0.4, -0.2) is 131 Å². The quantitative estimate of drug-likeness (QED) is 0.405. The lowest BCUT2D eigenvalue weighted by molar-refractivity contribution is -0.137. The number of nitrogens with zero attached hydrogens (tertiary/aromatic N) is 4. The van der Waals surface area contributed by atoms with E-state index in [1.165, 1.54) is 6.08 Å². The van der Waals surface area contributed by atoms with E-state index >= 15 is 8.78 Å². The van der Waals surface area contributed by atoms with Gasteiger partial charge < -0.3 is 20.4 Å². The summed E-state index contributed by atoms with van der Waals surface area (Å²) in [5, 5.41) is 10.6. The van der Waals surface area contributed by atoms with Crippen molar-refractivity contribution >= 4 is 17.7 Å². The monoisotopic (exact) mass is 647 g/mol. The van der Waals surface area contributed by atoms with Gasteiger partial charge in [-0.05, 0) is 77.5 Å². The lowest BCUT2D eigenvalue weighted by atomic mass is 9.71. The molecule has 5 aliphatic heterocycles. The summed E-state index contributed by atoms with van der Waals surface area (Å²) in [4.78, 5) is 48.7. The maximum atomic E-state index is 16.7. The van der Waals surface area contributed by atoms with Crippen molar-refractivity contribution in [1.29, 1.82) is 0 Å². The smallest absolute Gasteiger partial charge is 0.320 e. The van der Waals surface area contributed by atoms with Gasteiger partial charge in [0.05, 0.1) is 24.9 Å². The fraction of sp³-hybridized carbons (Fsp3) is 0.853. The molecule has 3 N–H and O–H groups in total. The Hall–Kier alpha value is -2.15. The SMILES string of the molecule is C=CC(=O)N1C[C@H](C)N(C2NC(=O)N3C4NC(C(F)CC42)C2C(F)CCCC2N(C)CC(=O)CC2CCNC(C(C)C)C23)C[C@H]1C. The molecule has 13 atom stereocenters. The van der Waals surface area contributed by atoms with E-state index in [1.807, 2.05) is 30.7 Å². The van der Waals surface area contributed by atoms with Gasteiger partial charge in [-0.2, -0.15) is 0 Å². The fourth-order valence-electron chi connectivity index (χ4n) is 10.1. The van der Waals surface area contributed by atoms with E-state index < -0.39 is 36.6 Å². The molecule has 5 heterocycles. The predicted octanol–water partition coefficient (Wildman–Crippen LogP) is 2.50. The number of ketones is 1. The Balaban J connectivity index is 1.42. The van der Waals surface area contributed by atoms with Crippen molar-refractivity contribution in [3.05, 3.63) is 12.7 Å². The van der Waals surface area contributed by atoms with Crippen LogP contribution in [0.4, 0.5) is 13.6 Å². The summed E-state index contributed by atoms with van der Waals surface area (Å²) >= 11 is 0. The number of hydrogen-bond acceptors (Lipinski definition) is 7. The topological polar surface area (TPSA) is 100 Å². The van der Waals surface area contributed by atoms with Crippen molar-refractivity contribution in [1.82, 2.24) is 35.6 Å². The molecule has 11 unspecified atom stereocenters. The van der Waals surface area contributed by atoms with Crippen molar-refractivity contribution in [2.75, 3.05) is 33.2 Å². The number of piperidine rings is 2. The van der Waals surface area contributed by atoms with Crippen LogP contribution in [0.2, 0.25) is 0 Å². The highest BCUT2D eigenvalue weighted by Gasteiger charge is 2.58. The molecule has 46 heavy (non-hydrogen) atoms. The number of nitrogens with one attached hydrogen (secondary N) is 3. The molecule has 258 valence electrons. The van der Waals surface area contributed by atoms with Gasteiger partial charge in [-0.1, -0.05) is 20.4 Å². The first kappa shape index (κ1) is 33.7. The molecule has 10 nitrogen and oxygen atoms in total. The minimum atomic E-state index is -1.32. The van der Waals surface area contributed by atoms with Gasteiger partial charge in [0, 0.05) is 61.6 Å². The molecule has 6 fully saturated rings. The summed E-state index contributed by atoms with van der Waals surface area (Å²) < 4.78 is 32.8. The van der Waals surface area contributed by atoms with Crippen molar-refractivity contribution in [3.8, 4) is 0 Å². The highest BCUT2D eigenvalue weighted by atomic mass is 19.1. The Morgan fingerprint density at radius 1 is 1.04 bits per heavy atom. The number of alkyl halides is 2. The van der Waals surface area contributed by atoms with E-state index in [0.29, 0.717) is 32.4 Å². The molecule has 1 saturated carbocycles. The highest BCUT2D eigenvalue weighted by molar-refractivity contribution is 5.87. The lowest BCUT2D eigenvalue weighted by Gasteiger charge is -2.61. The number of likely N-dealkylation sites (N-methyl/N-ethyl adjacent to an activating group) is 1. The van der Waals surface area contributed by atoms with Gasteiger partial charge in [-0.3, -0.25) is 24.7 Å². The van der Waals surface area contributed by atoms with Crippen molar-refractivity contribution in [2.24, 2.45) is 23.7 Å². The first-order chi connectivity index (χ1) is 21.9. The van der Waals surface area contributed by atoms with Gasteiger partial charge in [-0.15, -0.1) is 0 Å². The maximum absolute atomic E-state index is 16.7. The number of carbonyl (C=O) groups is 3. The molecule has 5 saturated heterocycles. The average molecular weight is 648 g/mol. The van der Waals surface area contributed by atoms with E-state index in [9.17, 15) is 14.4 Å². The number of rotatable bonds is 3. The standard InChI is InChI=1S/C34H55F2N7O3/c1-7-27(45)41-15-20(5)42(16-19(41)4)32-23-14-25(36)30-28-24(35)9-8-10-26(28)40(6)17-22(44)13-21-11-12-37-29(18(2)3)31(21)43(33(23)38-30)34(46)39-32/h7,18-21,23-26,28-33,37-38H,1,8-17H2,2-6H3,(H,39,46)/t19-,20+,21?,23?,24?,25?,26?,28?,29?,30?,31?,32?,33?/m1/s1. The summed E-state index contributed by atoms with van der Waals surface area (Å²) in [5.41, 5.74) is 0. The van der Waals surface area contributed by atoms with E-state index in [-0.39, 0.29) is 78.7 Å². The number of halogens is 2. The Labute approximate surface area is 273 Å². The Kier molecular flexibility index (Phi) is 9.83. The van der Waals surface area contributed by atoms with Crippen LogP contribution in [0.15, 0.2) is 12.7 Å². The fourth-order valence-corrected chi connectivity index (χ4v) is 10.1. The number of fused-ring (bicyclic) bond motifs is 5. The minimum absolute atomic E-state index is 0.0521. The second kappa shape index (κ2) is 13.4. The van der Waals surface area contributed by atoms with Gasteiger partial charge in [0.2, 0.25) is 5.91 Å². The van der Waals surface area contributed by atoms with E-state index in [0.717, 1.165) is 19.4 Å². The number of urea groups is 1. The molecule has 1 aliphatic carbocycles. The number of amides is 3. The summed E-state index contributed by atoms with van der Waals surface area (Å²) in [7, 11) is 1.89. The molecule has 6 rings (SSSR count). The second-order valence-corrected chi connectivity index (χ2v) is 15.5. The van der Waals surface area contributed by atoms with Gasteiger partial charge in [-0.25, -0.2) is 13.6 Å². The van der Waals surface area contributed by atoms with Gasteiger partial charge >= 0.3 is 6.03 Å². The van der Waals surface area contributed by atoms with Crippen LogP contribution in [0.3, 0.4) is 0 Å². The molecule has 0 radical (unpaired) electrons. The lowest BCUT2D eigenvalue weighted by Crippen LogP contribution is -2.80. The van der Waals surface area contributed by atoms with Crippen LogP contribution in [0.25, 0.3) is 0 Å². The van der Waals surface area contributed by atoms with E-state index in [2.05, 4.69) is 41.3 Å². The van der Waals surface area contributed by atoms with E-state index in [4.69, 9.17) is 0 Å². The number of Topliss-reactive ketones (excluding diaryl/α,β-unsaturated/α-hetero) is 1. The van der Waals surface area contributed by atoms with Gasteiger partial charge in [0.1, 0.15) is 18.1 Å². The zero-order valence-corrected chi connectivity index (χ0v) is 28.2. The first-order valence-corrected chi connectivity index (χ1v) is 17.7. The minimum Gasteiger partial charge on any atom is -0.334 e. The van der Waals surface area contributed by atoms with Crippen molar-refractivity contribution in [2.45, 2.75) is 127 Å². The molecule has 0 aromatic carbocycles. The van der Waals surface area contributed by atoms with Gasteiger partial charge in [0.25, 0.3) is 0 Å². The molecular formula is C34H55F2N7O3. The van der Waals surface area contributed by atoms with Gasteiger partial charge in [0.15, 0.2) is 0 Å². The largest absolute Gasteiger partial charge is 0.334 e.